The minimum atomic E-state index is -1.61. The molecule has 0 saturated carbocycles. The highest BCUT2D eigenvalue weighted by Crippen LogP contribution is 2.40. The topological polar surface area (TPSA) is 111 Å². The summed E-state index contributed by atoms with van der Waals surface area (Å²) in [5.41, 5.74) is 3.40. The molecule has 4 N–H and O–H groups in total. The number of carbonyl (C=O) groups excluding carboxylic acids is 3. The predicted molar refractivity (Wildman–Crippen MR) is 172 cm³/mol. The number of aryl methyl sites for hydroxylation is 1. The molecule has 4 amide bonds. The summed E-state index contributed by atoms with van der Waals surface area (Å²) in [6.45, 7) is 6.15. The van der Waals surface area contributed by atoms with Crippen LogP contribution in [-0.4, -0.2) is 56.7 Å². The molecular formula is C32H36Cl2N4O4S. The number of thioether (sulfide) groups is 1. The number of rotatable bonds is 10. The van der Waals surface area contributed by atoms with Crippen LogP contribution in [0.4, 0.5) is 4.79 Å². The second kappa shape index (κ2) is 14.5. The first-order chi connectivity index (χ1) is 20.5. The lowest BCUT2D eigenvalue weighted by Gasteiger charge is -2.33. The average Bonchev–Trinajstić information content (AvgIpc) is 3.30. The van der Waals surface area contributed by atoms with Crippen molar-refractivity contribution in [2.24, 2.45) is 0 Å². The molecule has 4 rings (SSSR count). The largest absolute Gasteiger partial charge is 0.381 e. The van der Waals surface area contributed by atoms with Crippen LogP contribution in [0, 0.1) is 6.92 Å². The minimum Gasteiger partial charge on any atom is -0.381 e. The maximum absolute atomic E-state index is 13.8. The normalized spacial score (nSPS) is 17.2. The Morgan fingerprint density at radius 2 is 1.60 bits per heavy atom. The molecule has 3 aromatic rings. The van der Waals surface area contributed by atoms with Crippen LogP contribution in [0.3, 0.4) is 0 Å². The molecule has 0 aromatic heterocycles. The number of nitrogens with one attached hydrogen (secondary N) is 3. The predicted octanol–water partition coefficient (Wildman–Crippen LogP) is 5.07. The number of carbonyl (C=O) groups is 3. The van der Waals surface area contributed by atoms with Crippen molar-refractivity contribution < 1.29 is 19.5 Å². The average molecular weight is 644 g/mol. The number of halogens is 2. The second-order valence-corrected chi connectivity index (χ2v) is 13.4. The van der Waals surface area contributed by atoms with Crippen LogP contribution in [0.5, 0.6) is 0 Å². The molecule has 11 heteroatoms. The molecule has 8 nitrogen and oxygen atoms in total. The van der Waals surface area contributed by atoms with E-state index in [9.17, 15) is 19.5 Å². The van der Waals surface area contributed by atoms with Crippen molar-refractivity contribution in [3.05, 3.63) is 105 Å². The van der Waals surface area contributed by atoms with Gasteiger partial charge in [-0.1, -0.05) is 83.9 Å². The molecule has 3 atom stereocenters. The fourth-order valence-corrected chi connectivity index (χ4v) is 6.71. The Kier molecular flexibility index (Phi) is 11.0. The van der Waals surface area contributed by atoms with E-state index < -0.39 is 34.9 Å². The van der Waals surface area contributed by atoms with Crippen molar-refractivity contribution in [1.29, 1.82) is 0 Å². The summed E-state index contributed by atoms with van der Waals surface area (Å²) < 4.78 is -0.598. The van der Waals surface area contributed by atoms with Crippen molar-refractivity contribution in [2.75, 3.05) is 5.88 Å². The van der Waals surface area contributed by atoms with E-state index >= 15 is 0 Å². The van der Waals surface area contributed by atoms with Gasteiger partial charge in [0.15, 0.2) is 6.10 Å². The van der Waals surface area contributed by atoms with Crippen LogP contribution in [0.2, 0.25) is 10.0 Å². The van der Waals surface area contributed by atoms with E-state index in [-0.39, 0.29) is 24.7 Å². The third kappa shape index (κ3) is 8.23. The standard InChI is InChI=1S/C32H36Cl2N4O4S/c1-20-10-7-8-13-22(20)17-35-29(40)28-32(2,3)43-19-38(28)30(41)27(39)26(16-21-11-5-4-6-12-21)37-31(42)36-18-23-24(33)14-9-15-25(23)34/h4-15,26-28,39H,16-19H2,1-3H3,(H,35,40)(H2,36,37,42)/t26-,27-,28+/m0/s1. The Morgan fingerprint density at radius 1 is 0.953 bits per heavy atom. The lowest BCUT2D eigenvalue weighted by molar-refractivity contribution is -0.147. The van der Waals surface area contributed by atoms with Crippen LogP contribution in [-0.2, 0) is 29.1 Å². The van der Waals surface area contributed by atoms with E-state index in [2.05, 4.69) is 16.0 Å². The van der Waals surface area contributed by atoms with Gasteiger partial charge >= 0.3 is 6.03 Å². The first-order valence-electron chi connectivity index (χ1n) is 13.9. The zero-order valence-electron chi connectivity index (χ0n) is 24.3. The number of aliphatic hydroxyl groups excluding tert-OH is 1. The third-order valence-corrected chi connectivity index (χ3v) is 9.61. The first kappa shape index (κ1) is 32.7. The smallest absolute Gasteiger partial charge is 0.315 e. The molecule has 1 aliphatic heterocycles. The van der Waals surface area contributed by atoms with Gasteiger partial charge in [-0.3, -0.25) is 9.59 Å². The number of urea groups is 1. The van der Waals surface area contributed by atoms with Gasteiger partial charge in [0.25, 0.3) is 5.91 Å². The van der Waals surface area contributed by atoms with E-state index in [1.807, 2.05) is 75.4 Å². The Balaban J connectivity index is 1.49. The number of benzene rings is 3. The fraction of sp³-hybridized carbons (Fsp3) is 0.344. The lowest BCUT2D eigenvalue weighted by Crippen LogP contribution is -2.59. The van der Waals surface area contributed by atoms with Crippen LogP contribution in [0.25, 0.3) is 0 Å². The lowest BCUT2D eigenvalue weighted by atomic mass is 9.97. The Hall–Kier alpha value is -3.24. The molecule has 0 spiro atoms. The van der Waals surface area contributed by atoms with Crippen LogP contribution in [0.15, 0.2) is 72.8 Å². The second-order valence-electron chi connectivity index (χ2n) is 11.0. The summed E-state index contributed by atoms with van der Waals surface area (Å²) in [5.74, 6) is -0.717. The van der Waals surface area contributed by atoms with E-state index in [0.717, 1.165) is 16.7 Å². The van der Waals surface area contributed by atoms with E-state index in [4.69, 9.17) is 23.2 Å². The number of hydrogen-bond donors (Lipinski definition) is 4. The van der Waals surface area contributed by atoms with Gasteiger partial charge < -0.3 is 26.0 Å². The Labute approximate surface area is 266 Å². The van der Waals surface area contributed by atoms with Gasteiger partial charge in [0.1, 0.15) is 6.04 Å². The molecule has 1 fully saturated rings. The zero-order valence-corrected chi connectivity index (χ0v) is 26.6. The van der Waals surface area contributed by atoms with Gasteiger partial charge in [-0.15, -0.1) is 11.8 Å². The molecule has 0 bridgehead atoms. The van der Waals surface area contributed by atoms with Gasteiger partial charge in [-0.2, -0.15) is 0 Å². The monoisotopic (exact) mass is 642 g/mol. The van der Waals surface area contributed by atoms with Crippen LogP contribution >= 0.6 is 35.0 Å². The summed E-state index contributed by atoms with van der Waals surface area (Å²) in [5, 5.41) is 20.7. The highest BCUT2D eigenvalue weighted by molar-refractivity contribution is 8.00. The van der Waals surface area contributed by atoms with E-state index in [1.165, 1.54) is 16.7 Å². The summed E-state index contributed by atoms with van der Waals surface area (Å²) in [6, 6.07) is 19.7. The van der Waals surface area contributed by atoms with Gasteiger partial charge in [0.2, 0.25) is 5.91 Å². The first-order valence-corrected chi connectivity index (χ1v) is 15.7. The molecule has 1 heterocycles. The van der Waals surface area contributed by atoms with Gasteiger partial charge in [-0.05, 0) is 56.0 Å². The maximum atomic E-state index is 13.8. The summed E-state index contributed by atoms with van der Waals surface area (Å²) in [6.07, 6.45) is -1.43. The molecule has 43 heavy (non-hydrogen) atoms. The number of hydrogen-bond acceptors (Lipinski definition) is 5. The van der Waals surface area contributed by atoms with Crippen LogP contribution in [0.1, 0.15) is 36.1 Å². The SMILES string of the molecule is Cc1ccccc1CNC(=O)[C@H]1N(C(=O)[C@@H](O)[C@H](Cc2ccccc2)NC(=O)NCc2c(Cl)cccc2Cl)CSC1(C)C. The van der Waals surface area contributed by atoms with Crippen molar-refractivity contribution in [2.45, 2.75) is 63.2 Å². The molecule has 0 aliphatic carbocycles. The van der Waals surface area contributed by atoms with Crippen molar-refractivity contribution in [3.8, 4) is 0 Å². The fourth-order valence-electron chi connectivity index (χ4n) is 5.04. The number of aliphatic hydroxyl groups is 1. The molecule has 0 radical (unpaired) electrons. The molecule has 1 aliphatic rings. The van der Waals surface area contributed by atoms with Gasteiger partial charge in [0.05, 0.1) is 11.9 Å². The highest BCUT2D eigenvalue weighted by Gasteiger charge is 2.49. The molecule has 228 valence electrons. The summed E-state index contributed by atoms with van der Waals surface area (Å²) in [7, 11) is 0. The zero-order chi connectivity index (χ0) is 31.1. The van der Waals surface area contributed by atoms with E-state index in [0.29, 0.717) is 22.2 Å². The summed E-state index contributed by atoms with van der Waals surface area (Å²) in [4.78, 5) is 41.7. The molecule has 0 unspecified atom stereocenters. The highest BCUT2D eigenvalue weighted by atomic mass is 35.5. The Bertz CT molecular complexity index is 1440. The number of nitrogens with zero attached hydrogens (tertiary/aromatic N) is 1. The quantitative estimate of drug-likeness (QED) is 0.247. The molecular weight excluding hydrogens is 607 g/mol. The van der Waals surface area contributed by atoms with Crippen molar-refractivity contribution in [1.82, 2.24) is 20.9 Å². The summed E-state index contributed by atoms with van der Waals surface area (Å²) >= 11 is 13.9. The van der Waals surface area contributed by atoms with Crippen molar-refractivity contribution in [3.63, 3.8) is 0 Å². The third-order valence-electron chi connectivity index (χ3n) is 7.53. The van der Waals surface area contributed by atoms with Crippen LogP contribution < -0.4 is 16.0 Å². The van der Waals surface area contributed by atoms with Gasteiger partial charge in [-0.25, -0.2) is 4.79 Å². The molecule has 3 aromatic carbocycles. The molecule has 1 saturated heterocycles. The number of amides is 4. The van der Waals surface area contributed by atoms with Crippen molar-refractivity contribution >= 4 is 52.8 Å². The van der Waals surface area contributed by atoms with Gasteiger partial charge in [0, 0.05) is 33.4 Å². The minimum absolute atomic E-state index is 0.0481. The Morgan fingerprint density at radius 3 is 2.28 bits per heavy atom. The van der Waals surface area contributed by atoms with E-state index in [1.54, 1.807) is 18.2 Å². The maximum Gasteiger partial charge on any atom is 0.315 e.